The van der Waals surface area contributed by atoms with E-state index in [4.69, 9.17) is 4.74 Å². The first-order chi connectivity index (χ1) is 16.8. The average molecular weight is 476 g/mol. The minimum absolute atomic E-state index is 0.0470. The largest absolute Gasteiger partial charge is 0.507 e. The minimum Gasteiger partial charge on any atom is -0.507 e. The van der Waals surface area contributed by atoms with Crippen LogP contribution in [0.4, 0.5) is 4.79 Å². The van der Waals surface area contributed by atoms with Crippen molar-refractivity contribution in [3.8, 4) is 16.9 Å². The molecule has 182 valence electrons. The number of aliphatic hydroxyl groups excluding tert-OH is 2. The second-order valence-electron chi connectivity index (χ2n) is 8.84. The maximum atomic E-state index is 12.3. The number of rotatable bonds is 8. The van der Waals surface area contributed by atoms with E-state index in [-0.39, 0.29) is 42.6 Å². The first kappa shape index (κ1) is 24.4. The van der Waals surface area contributed by atoms with Gasteiger partial charge in [-0.1, -0.05) is 48.5 Å². The summed E-state index contributed by atoms with van der Waals surface area (Å²) in [5.41, 5.74) is 5.58. The molecule has 0 radical (unpaired) electrons. The lowest BCUT2D eigenvalue weighted by Crippen LogP contribution is -2.30. The van der Waals surface area contributed by atoms with Gasteiger partial charge in [0.15, 0.2) is 5.78 Å². The summed E-state index contributed by atoms with van der Waals surface area (Å²) in [7, 11) is 0. The van der Waals surface area contributed by atoms with Crippen LogP contribution in [-0.4, -0.2) is 46.5 Å². The van der Waals surface area contributed by atoms with Crippen LogP contribution < -0.4 is 5.32 Å². The standard InChI is InChI=1S/C28H29NO6/c1-16-13-23(17(2)30)26(32)14-22(16)27(33)25(31)11-12-29-28(34)35-15-24-20-9-5-3-7-18(20)19-8-4-6-10-21(19)24/h3-10,13-14,24-25,27,31-33H,11-12,15H2,1-2H3,(H,29,34). The van der Waals surface area contributed by atoms with Gasteiger partial charge in [0, 0.05) is 12.5 Å². The van der Waals surface area contributed by atoms with Crippen molar-refractivity contribution in [2.45, 2.75) is 38.4 Å². The fourth-order valence-corrected chi connectivity index (χ4v) is 4.65. The van der Waals surface area contributed by atoms with Crippen LogP contribution in [0.2, 0.25) is 0 Å². The Morgan fingerprint density at radius 2 is 1.60 bits per heavy atom. The van der Waals surface area contributed by atoms with Crippen LogP contribution in [0, 0.1) is 6.92 Å². The van der Waals surface area contributed by atoms with Crippen molar-refractivity contribution in [3.05, 3.63) is 88.5 Å². The number of amides is 1. The second kappa shape index (κ2) is 10.3. The molecule has 0 bridgehead atoms. The number of ketones is 1. The third-order valence-corrected chi connectivity index (χ3v) is 6.50. The van der Waals surface area contributed by atoms with Gasteiger partial charge in [0.2, 0.25) is 0 Å². The van der Waals surface area contributed by atoms with Crippen LogP contribution in [0.5, 0.6) is 5.75 Å². The molecule has 7 nitrogen and oxygen atoms in total. The third-order valence-electron chi connectivity index (χ3n) is 6.50. The number of ether oxygens (including phenoxy) is 1. The number of hydrogen-bond acceptors (Lipinski definition) is 6. The summed E-state index contributed by atoms with van der Waals surface area (Å²) in [4.78, 5) is 23.9. The van der Waals surface area contributed by atoms with Crippen LogP contribution in [-0.2, 0) is 4.74 Å². The van der Waals surface area contributed by atoms with Gasteiger partial charge in [-0.3, -0.25) is 4.79 Å². The number of aliphatic hydroxyl groups is 2. The Hall–Kier alpha value is -3.68. The van der Waals surface area contributed by atoms with E-state index in [1.807, 2.05) is 36.4 Å². The monoisotopic (exact) mass is 475 g/mol. The van der Waals surface area contributed by atoms with Gasteiger partial charge in [0.25, 0.3) is 0 Å². The number of phenols is 1. The Kier molecular flexibility index (Phi) is 7.19. The molecule has 0 spiro atoms. The van der Waals surface area contributed by atoms with Gasteiger partial charge in [-0.15, -0.1) is 0 Å². The number of phenolic OH excluding ortho intramolecular Hbond substituents is 1. The summed E-state index contributed by atoms with van der Waals surface area (Å²) in [5.74, 6) is -0.588. The molecule has 0 fully saturated rings. The summed E-state index contributed by atoms with van der Waals surface area (Å²) in [5, 5.41) is 33.6. The fourth-order valence-electron chi connectivity index (χ4n) is 4.65. The van der Waals surface area contributed by atoms with E-state index in [1.54, 1.807) is 6.92 Å². The van der Waals surface area contributed by atoms with Crippen molar-refractivity contribution in [3.63, 3.8) is 0 Å². The summed E-state index contributed by atoms with van der Waals surface area (Å²) in [6.45, 7) is 3.30. The van der Waals surface area contributed by atoms with Crippen LogP contribution >= 0.6 is 0 Å². The molecule has 0 saturated carbocycles. The van der Waals surface area contributed by atoms with Gasteiger partial charge >= 0.3 is 6.09 Å². The highest BCUT2D eigenvalue weighted by Gasteiger charge is 2.29. The van der Waals surface area contributed by atoms with Crippen molar-refractivity contribution in [2.75, 3.05) is 13.2 Å². The molecule has 2 atom stereocenters. The van der Waals surface area contributed by atoms with Crippen LogP contribution in [0.15, 0.2) is 60.7 Å². The molecular formula is C28H29NO6. The number of benzene rings is 3. The molecule has 1 aliphatic rings. The predicted molar refractivity (Wildman–Crippen MR) is 132 cm³/mol. The maximum Gasteiger partial charge on any atom is 0.407 e. The van der Waals surface area contributed by atoms with E-state index in [1.165, 1.54) is 19.1 Å². The molecule has 0 aliphatic heterocycles. The third kappa shape index (κ3) is 5.06. The Labute approximate surface area is 204 Å². The predicted octanol–water partition coefficient (Wildman–Crippen LogP) is 4.23. The average Bonchev–Trinajstić information content (AvgIpc) is 3.17. The lowest BCUT2D eigenvalue weighted by Gasteiger charge is -2.21. The highest BCUT2D eigenvalue weighted by molar-refractivity contribution is 5.97. The first-order valence-corrected chi connectivity index (χ1v) is 11.6. The molecule has 0 aromatic heterocycles. The molecule has 1 aliphatic carbocycles. The molecule has 2 unspecified atom stereocenters. The number of hydrogen-bond donors (Lipinski definition) is 4. The van der Waals surface area contributed by atoms with Crippen molar-refractivity contribution >= 4 is 11.9 Å². The van der Waals surface area contributed by atoms with E-state index in [0.29, 0.717) is 11.1 Å². The molecule has 4 rings (SSSR count). The van der Waals surface area contributed by atoms with E-state index in [2.05, 4.69) is 17.4 Å². The number of aryl methyl sites for hydroxylation is 1. The molecule has 1 amide bonds. The number of carbonyl (C=O) groups is 2. The molecule has 35 heavy (non-hydrogen) atoms. The molecule has 4 N–H and O–H groups in total. The van der Waals surface area contributed by atoms with Crippen LogP contribution in [0.1, 0.15) is 58.0 Å². The quantitative estimate of drug-likeness (QED) is 0.363. The fraction of sp³-hybridized carbons (Fsp3) is 0.286. The lowest BCUT2D eigenvalue weighted by molar-refractivity contribution is 0.0132. The summed E-state index contributed by atoms with van der Waals surface area (Å²) >= 11 is 0. The zero-order valence-electron chi connectivity index (χ0n) is 19.7. The first-order valence-electron chi connectivity index (χ1n) is 11.6. The van der Waals surface area contributed by atoms with Crippen molar-refractivity contribution < 1.29 is 29.6 Å². The van der Waals surface area contributed by atoms with Gasteiger partial charge in [0.1, 0.15) is 18.5 Å². The van der Waals surface area contributed by atoms with Crippen LogP contribution in [0.3, 0.4) is 0 Å². The van der Waals surface area contributed by atoms with Crippen molar-refractivity contribution in [1.29, 1.82) is 0 Å². The van der Waals surface area contributed by atoms with E-state index in [9.17, 15) is 24.9 Å². The summed E-state index contributed by atoms with van der Waals surface area (Å²) < 4.78 is 5.48. The van der Waals surface area contributed by atoms with Gasteiger partial charge in [-0.25, -0.2) is 4.79 Å². The molecule has 3 aromatic rings. The maximum absolute atomic E-state index is 12.3. The number of aromatic hydroxyl groups is 1. The normalized spacial score (nSPS) is 14.1. The van der Waals surface area contributed by atoms with E-state index >= 15 is 0 Å². The zero-order valence-corrected chi connectivity index (χ0v) is 19.7. The molecule has 0 saturated heterocycles. The number of carbonyl (C=O) groups excluding carboxylic acids is 2. The van der Waals surface area contributed by atoms with E-state index in [0.717, 1.165) is 22.3 Å². The SMILES string of the molecule is CC(=O)c1cc(C)c(C(O)C(O)CCNC(=O)OCC2c3ccccc3-c3ccccc32)cc1O. The van der Waals surface area contributed by atoms with Gasteiger partial charge in [0.05, 0.1) is 11.7 Å². The molecule has 7 heteroatoms. The number of fused-ring (bicyclic) bond motifs is 3. The van der Waals surface area contributed by atoms with Crippen molar-refractivity contribution in [2.24, 2.45) is 0 Å². The Bertz CT molecular complexity index is 1210. The smallest absolute Gasteiger partial charge is 0.407 e. The number of alkyl carbamates (subject to hydrolysis) is 1. The minimum atomic E-state index is -1.29. The van der Waals surface area contributed by atoms with Gasteiger partial charge in [-0.2, -0.15) is 0 Å². The Morgan fingerprint density at radius 1 is 1.00 bits per heavy atom. The number of nitrogens with one attached hydrogen (secondary N) is 1. The molecule has 0 heterocycles. The molecule has 3 aromatic carbocycles. The van der Waals surface area contributed by atoms with Crippen LogP contribution in [0.25, 0.3) is 11.1 Å². The highest BCUT2D eigenvalue weighted by atomic mass is 16.5. The molecular weight excluding hydrogens is 446 g/mol. The number of Topliss-reactive ketones (excluding diaryl/α,β-unsaturated/α-hetero) is 1. The highest BCUT2D eigenvalue weighted by Crippen LogP contribution is 2.44. The zero-order chi connectivity index (χ0) is 25.1. The summed E-state index contributed by atoms with van der Waals surface area (Å²) in [6.07, 6.45) is -3.01. The van der Waals surface area contributed by atoms with Gasteiger partial charge in [-0.05, 0) is 65.8 Å². The topological polar surface area (TPSA) is 116 Å². The van der Waals surface area contributed by atoms with Gasteiger partial charge < -0.3 is 25.4 Å². The lowest BCUT2D eigenvalue weighted by atomic mass is 9.94. The Balaban J connectivity index is 1.30. The summed E-state index contributed by atoms with van der Waals surface area (Å²) in [6, 6.07) is 18.9. The Morgan fingerprint density at radius 3 is 2.20 bits per heavy atom. The van der Waals surface area contributed by atoms with Crippen molar-refractivity contribution in [1.82, 2.24) is 5.32 Å². The van der Waals surface area contributed by atoms with E-state index < -0.39 is 18.3 Å². The second-order valence-corrected chi connectivity index (χ2v) is 8.84.